The number of carbonyl (C=O) groups excluding carboxylic acids is 2. The number of hydrogen-bond donors (Lipinski definition) is 1. The summed E-state index contributed by atoms with van der Waals surface area (Å²) in [5.74, 6) is 1.59. The van der Waals surface area contributed by atoms with Gasteiger partial charge in [-0.25, -0.2) is 4.79 Å². The van der Waals surface area contributed by atoms with Crippen molar-refractivity contribution in [3.05, 3.63) is 34.9 Å². The van der Waals surface area contributed by atoms with Crippen molar-refractivity contribution in [1.29, 1.82) is 0 Å². The summed E-state index contributed by atoms with van der Waals surface area (Å²) in [6.07, 6.45) is 14.2. The molecule has 4 aliphatic carbocycles. The molecule has 7 heteroatoms. The number of fused-ring (bicyclic) bond motifs is 5. The van der Waals surface area contributed by atoms with Crippen LogP contribution in [0.4, 0.5) is 0 Å². The molecule has 0 radical (unpaired) electrons. The first-order chi connectivity index (χ1) is 14.3. The molecular weight excluding hydrogens is 416 g/mol. The molecule has 5 nitrogen and oxygen atoms in total. The van der Waals surface area contributed by atoms with Gasteiger partial charge in [-0.3, -0.25) is 4.79 Å². The fourth-order valence-corrected chi connectivity index (χ4v) is 8.05. The Kier molecular flexibility index (Phi) is 4.97. The topological polar surface area (TPSA) is 69.2 Å². The van der Waals surface area contributed by atoms with Crippen molar-refractivity contribution in [3.63, 3.8) is 0 Å². The van der Waals surface area contributed by atoms with E-state index in [-0.39, 0.29) is 33.9 Å². The van der Waals surface area contributed by atoms with Crippen LogP contribution in [0.15, 0.2) is 30.0 Å². The lowest BCUT2D eigenvalue weighted by Gasteiger charge is -2.57. The minimum atomic E-state index is -0.365. The van der Waals surface area contributed by atoms with Gasteiger partial charge in [-0.1, -0.05) is 30.0 Å². The van der Waals surface area contributed by atoms with Gasteiger partial charge >= 0.3 is 5.97 Å². The minimum Gasteiger partial charge on any atom is -0.450 e. The SMILES string of the molecule is C[C@]12CC[C@H]3[C@@H](CCC4=CC(OC(=O)c5cnns5)C=C[C@@]43C)[C@@H]1CC[C@@H]2C(=O)S. The molecule has 3 fully saturated rings. The van der Waals surface area contributed by atoms with Crippen LogP contribution in [0.25, 0.3) is 0 Å². The number of rotatable bonds is 3. The zero-order valence-electron chi connectivity index (χ0n) is 17.4. The molecule has 0 amide bonds. The predicted octanol–water partition coefficient (Wildman–Crippen LogP) is 4.87. The van der Waals surface area contributed by atoms with Crippen molar-refractivity contribution < 1.29 is 14.3 Å². The third-order valence-electron chi connectivity index (χ3n) is 8.75. The standard InChI is InChI=1S/C23H28N2O3S2/c1-22-9-7-14(28-20(26)19-12-24-25-30-19)11-13(22)3-4-15-16-5-6-18(21(27)29)23(16,2)10-8-17(15)22/h7,9,11-12,14-18H,3-6,8,10H2,1-2H3,(H,27,29)/t14?,15-,16-,17-,18+,22-,23-/m0/s1. The average Bonchev–Trinajstić information content (AvgIpc) is 3.35. The molecule has 0 bridgehead atoms. The molecule has 1 unspecified atom stereocenters. The van der Waals surface area contributed by atoms with Gasteiger partial charge in [-0.15, -0.1) is 17.7 Å². The van der Waals surface area contributed by atoms with E-state index in [1.54, 1.807) is 0 Å². The fourth-order valence-electron chi connectivity index (χ4n) is 7.22. The summed E-state index contributed by atoms with van der Waals surface area (Å²) < 4.78 is 9.41. The molecule has 5 rings (SSSR count). The van der Waals surface area contributed by atoms with Crippen molar-refractivity contribution in [2.75, 3.05) is 0 Å². The van der Waals surface area contributed by atoms with Crippen molar-refractivity contribution in [3.8, 4) is 0 Å². The maximum absolute atomic E-state index is 12.3. The van der Waals surface area contributed by atoms with Crippen LogP contribution < -0.4 is 0 Å². The molecule has 0 N–H and O–H groups in total. The molecule has 4 aliphatic rings. The highest BCUT2D eigenvalue weighted by Crippen LogP contribution is 2.66. The third kappa shape index (κ3) is 3.03. The molecule has 160 valence electrons. The number of nitrogens with zero attached hydrogens (tertiary/aromatic N) is 2. The van der Waals surface area contributed by atoms with Crippen LogP contribution in [0.2, 0.25) is 0 Å². The molecule has 0 aromatic carbocycles. The lowest BCUT2D eigenvalue weighted by molar-refractivity contribution is -0.120. The van der Waals surface area contributed by atoms with Crippen LogP contribution in [-0.2, 0) is 9.53 Å². The number of carbonyl (C=O) groups is 2. The minimum absolute atomic E-state index is 0.0161. The van der Waals surface area contributed by atoms with Crippen molar-refractivity contribution in [2.24, 2.45) is 34.5 Å². The molecule has 0 spiro atoms. The monoisotopic (exact) mass is 444 g/mol. The molecule has 0 aliphatic heterocycles. The van der Waals surface area contributed by atoms with Crippen LogP contribution in [-0.4, -0.2) is 26.8 Å². The summed E-state index contributed by atoms with van der Waals surface area (Å²) in [5, 5.41) is 3.80. The van der Waals surface area contributed by atoms with Crippen LogP contribution in [0.1, 0.15) is 62.0 Å². The Labute approximate surface area is 186 Å². The van der Waals surface area contributed by atoms with E-state index in [0.29, 0.717) is 22.6 Å². The summed E-state index contributed by atoms with van der Waals surface area (Å²) in [6.45, 7) is 4.70. The summed E-state index contributed by atoms with van der Waals surface area (Å²) >= 11 is 5.28. The second-order valence-electron chi connectivity index (χ2n) is 9.91. The van der Waals surface area contributed by atoms with Gasteiger partial charge in [0.15, 0.2) is 9.99 Å². The lowest BCUT2D eigenvalue weighted by atomic mass is 9.48. The summed E-state index contributed by atoms with van der Waals surface area (Å²) in [6, 6.07) is 0. The zero-order chi connectivity index (χ0) is 21.1. The highest BCUT2D eigenvalue weighted by Gasteiger charge is 2.59. The first kappa shape index (κ1) is 20.4. The van der Waals surface area contributed by atoms with E-state index in [0.717, 1.165) is 50.1 Å². The number of hydrogen-bond acceptors (Lipinski definition) is 6. The fraction of sp³-hybridized carbons (Fsp3) is 0.652. The van der Waals surface area contributed by atoms with Crippen molar-refractivity contribution >= 4 is 35.2 Å². The number of allylic oxidation sites excluding steroid dienone is 2. The Morgan fingerprint density at radius 3 is 2.77 bits per heavy atom. The zero-order valence-corrected chi connectivity index (χ0v) is 19.1. The molecule has 1 aromatic heterocycles. The summed E-state index contributed by atoms with van der Waals surface area (Å²) in [4.78, 5) is 24.9. The average molecular weight is 445 g/mol. The highest BCUT2D eigenvalue weighted by molar-refractivity contribution is 7.96. The largest absolute Gasteiger partial charge is 0.450 e. The Hall–Kier alpha value is -1.47. The molecule has 30 heavy (non-hydrogen) atoms. The van der Waals surface area contributed by atoms with Gasteiger partial charge in [-0.2, -0.15) is 0 Å². The first-order valence-electron chi connectivity index (χ1n) is 10.9. The Morgan fingerprint density at radius 2 is 2.03 bits per heavy atom. The van der Waals surface area contributed by atoms with Gasteiger partial charge in [0.1, 0.15) is 6.10 Å². The van der Waals surface area contributed by atoms with Crippen LogP contribution in [0.5, 0.6) is 0 Å². The van der Waals surface area contributed by atoms with Gasteiger partial charge < -0.3 is 4.74 Å². The number of thiol groups is 1. The molecule has 0 saturated heterocycles. The second-order valence-corrected chi connectivity index (χ2v) is 11.1. The maximum Gasteiger partial charge on any atom is 0.352 e. The van der Waals surface area contributed by atoms with E-state index in [2.05, 4.69) is 48.2 Å². The molecule has 1 heterocycles. The van der Waals surface area contributed by atoms with E-state index in [1.807, 2.05) is 6.08 Å². The normalized spacial score (nSPS) is 42.0. The molecule has 7 atom stereocenters. The van der Waals surface area contributed by atoms with E-state index in [9.17, 15) is 9.59 Å². The van der Waals surface area contributed by atoms with Crippen molar-refractivity contribution in [1.82, 2.24) is 9.59 Å². The highest BCUT2D eigenvalue weighted by atomic mass is 32.1. The number of esters is 1. The summed E-state index contributed by atoms with van der Waals surface area (Å²) in [7, 11) is 0. The van der Waals surface area contributed by atoms with Gasteiger partial charge in [0, 0.05) is 11.3 Å². The van der Waals surface area contributed by atoms with Crippen LogP contribution in [0, 0.1) is 34.5 Å². The molecule has 1 aromatic rings. The quantitative estimate of drug-likeness (QED) is 0.409. The predicted molar refractivity (Wildman–Crippen MR) is 118 cm³/mol. The third-order valence-corrected chi connectivity index (χ3v) is 9.70. The van der Waals surface area contributed by atoms with Gasteiger partial charge in [0.2, 0.25) is 0 Å². The number of aromatic nitrogens is 2. The van der Waals surface area contributed by atoms with E-state index in [1.165, 1.54) is 11.8 Å². The maximum atomic E-state index is 12.3. The Balaban J connectivity index is 1.36. The van der Waals surface area contributed by atoms with E-state index >= 15 is 0 Å². The lowest BCUT2D eigenvalue weighted by Crippen LogP contribution is -2.50. The second kappa shape index (κ2) is 7.30. The molecular formula is C23H28N2O3S2. The van der Waals surface area contributed by atoms with Crippen molar-refractivity contribution in [2.45, 2.75) is 58.5 Å². The summed E-state index contributed by atoms with van der Waals surface area (Å²) in [5.41, 5.74) is 1.52. The van der Waals surface area contributed by atoms with Crippen LogP contribution >= 0.6 is 24.2 Å². The van der Waals surface area contributed by atoms with Gasteiger partial charge in [0.25, 0.3) is 0 Å². The van der Waals surface area contributed by atoms with Gasteiger partial charge in [0.05, 0.1) is 6.20 Å². The number of ether oxygens (including phenoxy) is 1. The Bertz CT molecular complexity index is 927. The van der Waals surface area contributed by atoms with Gasteiger partial charge in [-0.05, 0) is 85.4 Å². The van der Waals surface area contributed by atoms with Crippen LogP contribution in [0.3, 0.4) is 0 Å². The van der Waals surface area contributed by atoms with E-state index in [4.69, 9.17) is 4.74 Å². The Morgan fingerprint density at radius 1 is 1.20 bits per heavy atom. The van der Waals surface area contributed by atoms with E-state index < -0.39 is 0 Å². The smallest absolute Gasteiger partial charge is 0.352 e. The first-order valence-corrected chi connectivity index (χ1v) is 12.2. The molecule has 3 saturated carbocycles.